The van der Waals surface area contributed by atoms with Crippen molar-refractivity contribution in [2.75, 3.05) is 12.4 Å². The van der Waals surface area contributed by atoms with E-state index in [-0.39, 0.29) is 11.8 Å². The minimum Gasteiger partial charge on any atom is -0.497 e. The van der Waals surface area contributed by atoms with Gasteiger partial charge in [-0.25, -0.2) is 0 Å². The molecule has 0 radical (unpaired) electrons. The highest BCUT2D eigenvalue weighted by atomic mass is 16.5. The molecule has 1 fully saturated rings. The fourth-order valence-corrected chi connectivity index (χ4v) is 4.48. The zero-order valence-electron chi connectivity index (χ0n) is 18.0. The maximum atomic E-state index is 12.9. The first-order valence-electron chi connectivity index (χ1n) is 10.7. The van der Waals surface area contributed by atoms with Gasteiger partial charge >= 0.3 is 0 Å². The van der Waals surface area contributed by atoms with Crippen molar-refractivity contribution in [1.82, 2.24) is 10.2 Å². The van der Waals surface area contributed by atoms with Crippen molar-refractivity contribution >= 4 is 28.3 Å². The first-order valence-corrected chi connectivity index (χ1v) is 10.7. The summed E-state index contributed by atoms with van der Waals surface area (Å²) in [6.45, 7) is 4.94. The minimum atomic E-state index is -0.437. The normalized spacial score (nSPS) is 18.0. The Hall–Kier alpha value is -3.80. The number of nitrogens with zero attached hydrogens (tertiary/aromatic N) is 1. The zero-order valence-corrected chi connectivity index (χ0v) is 18.0. The molecule has 0 spiro atoms. The second-order valence-electron chi connectivity index (χ2n) is 8.35. The van der Waals surface area contributed by atoms with Gasteiger partial charge in [-0.15, -0.1) is 0 Å². The van der Waals surface area contributed by atoms with Crippen LogP contribution in [0.2, 0.25) is 0 Å². The van der Waals surface area contributed by atoms with Crippen LogP contribution in [0.1, 0.15) is 34.3 Å². The van der Waals surface area contributed by atoms with E-state index in [1.807, 2.05) is 30.3 Å². The molecule has 6 nitrogen and oxygen atoms in total. The molecule has 2 aliphatic heterocycles. The monoisotopic (exact) mass is 427 g/mol. The van der Waals surface area contributed by atoms with E-state index >= 15 is 0 Å². The fraction of sp³-hybridized carbons (Fsp3) is 0.231. The van der Waals surface area contributed by atoms with Crippen LogP contribution in [0, 0.1) is 0 Å². The van der Waals surface area contributed by atoms with Gasteiger partial charge in [0.25, 0.3) is 5.91 Å². The molecule has 2 N–H and O–H groups in total. The van der Waals surface area contributed by atoms with Gasteiger partial charge in [-0.1, -0.05) is 24.8 Å². The molecule has 0 bridgehead atoms. The smallest absolute Gasteiger partial charge is 0.255 e. The number of methoxy groups -OCH3 is 1. The van der Waals surface area contributed by atoms with Gasteiger partial charge in [-0.05, 0) is 71.1 Å². The van der Waals surface area contributed by atoms with Crippen molar-refractivity contribution < 1.29 is 14.3 Å². The Labute approximate surface area is 186 Å². The van der Waals surface area contributed by atoms with Crippen molar-refractivity contribution in [3.8, 4) is 5.75 Å². The fourth-order valence-electron chi connectivity index (χ4n) is 4.48. The molecule has 3 aromatic carbocycles. The van der Waals surface area contributed by atoms with Crippen molar-refractivity contribution in [3.63, 3.8) is 0 Å². The summed E-state index contributed by atoms with van der Waals surface area (Å²) < 4.78 is 5.29. The molecule has 2 aliphatic rings. The Balaban J connectivity index is 1.29. The highest BCUT2D eigenvalue weighted by Crippen LogP contribution is 2.30. The Kier molecular flexibility index (Phi) is 5.05. The quantitative estimate of drug-likeness (QED) is 0.640. The number of anilines is 1. The van der Waals surface area contributed by atoms with E-state index in [4.69, 9.17) is 4.74 Å². The molecule has 1 saturated heterocycles. The predicted octanol–water partition coefficient (Wildman–Crippen LogP) is 4.21. The molecule has 6 heteroatoms. The van der Waals surface area contributed by atoms with Gasteiger partial charge in [0, 0.05) is 30.0 Å². The SMILES string of the molecule is C=C1CC[C@H](N2Cc3cc(NCc4ccc5cc(OC)ccc5c4)ccc3C2=O)C(=O)N1. The summed E-state index contributed by atoms with van der Waals surface area (Å²) in [5.74, 6) is 0.625. The number of hydrogen-bond donors (Lipinski definition) is 2. The Bertz CT molecular complexity index is 1250. The molecule has 3 aromatic rings. The summed E-state index contributed by atoms with van der Waals surface area (Å²) >= 11 is 0. The highest BCUT2D eigenvalue weighted by molar-refractivity contribution is 6.01. The summed E-state index contributed by atoms with van der Waals surface area (Å²) in [5.41, 5.74) is 4.46. The van der Waals surface area contributed by atoms with E-state index in [0.717, 1.165) is 33.5 Å². The van der Waals surface area contributed by atoms with Crippen LogP contribution in [0.4, 0.5) is 5.69 Å². The van der Waals surface area contributed by atoms with Gasteiger partial charge in [0.2, 0.25) is 5.91 Å². The average molecular weight is 428 g/mol. The lowest BCUT2D eigenvalue weighted by atomic mass is 10.0. The second kappa shape index (κ2) is 8.04. The number of carbonyl (C=O) groups excluding carboxylic acids is 2. The summed E-state index contributed by atoms with van der Waals surface area (Å²) in [7, 11) is 1.67. The van der Waals surface area contributed by atoms with Crippen molar-refractivity contribution in [1.29, 1.82) is 0 Å². The molecule has 0 aromatic heterocycles. The van der Waals surface area contributed by atoms with Gasteiger partial charge in [-0.2, -0.15) is 0 Å². The molecule has 32 heavy (non-hydrogen) atoms. The van der Waals surface area contributed by atoms with E-state index in [1.54, 1.807) is 12.0 Å². The van der Waals surface area contributed by atoms with Crippen molar-refractivity contribution in [3.05, 3.63) is 83.6 Å². The maximum Gasteiger partial charge on any atom is 0.255 e. The first kappa shape index (κ1) is 20.1. The Morgan fingerprint density at radius 1 is 1.09 bits per heavy atom. The van der Waals surface area contributed by atoms with Crippen LogP contribution < -0.4 is 15.4 Å². The molecule has 2 heterocycles. The summed E-state index contributed by atoms with van der Waals surface area (Å²) in [6.07, 6.45) is 1.31. The molecule has 0 unspecified atom stereocenters. The first-order chi connectivity index (χ1) is 15.5. The van der Waals surface area contributed by atoms with Gasteiger partial charge in [0.15, 0.2) is 0 Å². The number of nitrogens with one attached hydrogen (secondary N) is 2. The number of ether oxygens (including phenoxy) is 1. The van der Waals surface area contributed by atoms with E-state index < -0.39 is 6.04 Å². The maximum absolute atomic E-state index is 12.9. The lowest BCUT2D eigenvalue weighted by Crippen LogP contribution is -2.49. The lowest BCUT2D eigenvalue weighted by Gasteiger charge is -2.30. The van der Waals surface area contributed by atoms with Crippen LogP contribution in [0.15, 0.2) is 66.9 Å². The van der Waals surface area contributed by atoms with Crippen LogP contribution in [0.5, 0.6) is 5.75 Å². The van der Waals surface area contributed by atoms with E-state index in [1.165, 1.54) is 5.56 Å². The highest BCUT2D eigenvalue weighted by Gasteiger charge is 2.38. The number of allylic oxidation sites excluding steroid dienone is 1. The van der Waals surface area contributed by atoms with Crippen LogP contribution in [0.3, 0.4) is 0 Å². The second-order valence-corrected chi connectivity index (χ2v) is 8.35. The number of benzene rings is 3. The third-order valence-electron chi connectivity index (χ3n) is 6.24. The number of hydrogen-bond acceptors (Lipinski definition) is 4. The average Bonchev–Trinajstić information content (AvgIpc) is 3.12. The van der Waals surface area contributed by atoms with Gasteiger partial charge in [-0.3, -0.25) is 9.59 Å². The number of amides is 2. The number of rotatable bonds is 5. The molecule has 0 aliphatic carbocycles. The minimum absolute atomic E-state index is 0.0795. The van der Waals surface area contributed by atoms with Gasteiger partial charge in [0.1, 0.15) is 11.8 Å². The van der Waals surface area contributed by atoms with Crippen molar-refractivity contribution in [2.45, 2.75) is 32.0 Å². The van der Waals surface area contributed by atoms with Crippen LogP contribution >= 0.6 is 0 Å². The van der Waals surface area contributed by atoms with Crippen LogP contribution in [-0.4, -0.2) is 29.9 Å². The van der Waals surface area contributed by atoms with E-state index in [2.05, 4.69) is 41.5 Å². The molecule has 5 rings (SSSR count). The molecule has 162 valence electrons. The summed E-state index contributed by atoms with van der Waals surface area (Å²) in [5, 5.41) is 8.53. The number of fused-ring (bicyclic) bond motifs is 2. The Morgan fingerprint density at radius 3 is 2.72 bits per heavy atom. The molecule has 1 atom stereocenters. The van der Waals surface area contributed by atoms with E-state index in [9.17, 15) is 9.59 Å². The summed E-state index contributed by atoms with van der Waals surface area (Å²) in [4.78, 5) is 26.9. The van der Waals surface area contributed by atoms with E-state index in [0.29, 0.717) is 31.5 Å². The molecular weight excluding hydrogens is 402 g/mol. The largest absolute Gasteiger partial charge is 0.497 e. The third-order valence-corrected chi connectivity index (χ3v) is 6.24. The standard InChI is InChI=1S/C26H25N3O3/c1-16-3-10-24(25(30)28-16)29-15-20-12-21(7-9-23(20)26(29)31)27-14-17-4-5-19-13-22(32-2)8-6-18(19)11-17/h4-9,11-13,24,27H,1,3,10,14-15H2,2H3,(H,28,30)/t24-/m0/s1. The molecule has 2 amide bonds. The molecular formula is C26H25N3O3. The third kappa shape index (κ3) is 3.68. The molecule has 0 saturated carbocycles. The topological polar surface area (TPSA) is 70.7 Å². The van der Waals surface area contributed by atoms with Gasteiger partial charge in [0.05, 0.1) is 7.11 Å². The number of carbonyl (C=O) groups is 2. The lowest BCUT2D eigenvalue weighted by molar-refractivity contribution is -0.126. The summed E-state index contributed by atoms with van der Waals surface area (Å²) in [6, 6.07) is 17.8. The number of piperidine rings is 1. The van der Waals surface area contributed by atoms with Gasteiger partial charge < -0.3 is 20.3 Å². The van der Waals surface area contributed by atoms with Crippen molar-refractivity contribution in [2.24, 2.45) is 0 Å². The zero-order chi connectivity index (χ0) is 22.2. The Morgan fingerprint density at radius 2 is 1.91 bits per heavy atom. The van der Waals surface area contributed by atoms with Crippen LogP contribution in [0.25, 0.3) is 10.8 Å². The van der Waals surface area contributed by atoms with Crippen LogP contribution in [-0.2, 0) is 17.9 Å². The predicted molar refractivity (Wildman–Crippen MR) is 124 cm³/mol.